The quantitative estimate of drug-likeness (QED) is 0.689. The van der Waals surface area contributed by atoms with E-state index in [-0.39, 0.29) is 17.6 Å². The molecule has 0 bridgehead atoms. The number of hydrogen-bond donors (Lipinski definition) is 1. The lowest BCUT2D eigenvalue weighted by Crippen LogP contribution is -2.43. The molecule has 3 aromatic rings. The molecule has 0 fully saturated rings. The summed E-state index contributed by atoms with van der Waals surface area (Å²) in [5.41, 5.74) is 0.641. The number of pyridine rings is 1. The minimum atomic E-state index is -0.605. The second-order valence-electron chi connectivity index (χ2n) is 6.40. The molecule has 0 unspecified atom stereocenters. The normalized spacial score (nSPS) is 10.8. The Morgan fingerprint density at radius 3 is 2.61 bits per heavy atom. The number of amides is 1. The first kappa shape index (κ1) is 19.3. The molecular weight excluding hydrogens is 360 g/mol. The molecule has 1 N–H and O–H groups in total. The number of carbonyl (C=O) groups excluding carboxylic acids is 1. The lowest BCUT2D eigenvalue weighted by atomic mass is 10.2. The molecular formula is C20H22N4O4. The van der Waals surface area contributed by atoms with Crippen LogP contribution in [0.1, 0.15) is 18.1 Å². The van der Waals surface area contributed by atoms with Crippen molar-refractivity contribution < 1.29 is 9.53 Å². The zero-order valence-electron chi connectivity index (χ0n) is 16.1. The van der Waals surface area contributed by atoms with E-state index in [1.165, 1.54) is 11.6 Å². The molecule has 0 spiro atoms. The Hall–Kier alpha value is -3.42. The van der Waals surface area contributed by atoms with Gasteiger partial charge in [-0.05, 0) is 19.4 Å². The SMILES string of the molecule is CCOc1c(C)cnc2c1c(=O)n(CC(=O)NCc1ccccc1)c(=O)n2C. The van der Waals surface area contributed by atoms with Crippen molar-refractivity contribution in [2.45, 2.75) is 26.9 Å². The molecule has 146 valence electrons. The highest BCUT2D eigenvalue weighted by Crippen LogP contribution is 2.24. The van der Waals surface area contributed by atoms with Crippen LogP contribution in [0.25, 0.3) is 11.0 Å². The van der Waals surface area contributed by atoms with E-state index < -0.39 is 17.2 Å². The fourth-order valence-corrected chi connectivity index (χ4v) is 2.99. The van der Waals surface area contributed by atoms with E-state index in [4.69, 9.17) is 4.74 Å². The van der Waals surface area contributed by atoms with Crippen LogP contribution in [0.3, 0.4) is 0 Å². The molecule has 0 saturated heterocycles. The van der Waals surface area contributed by atoms with Crippen LogP contribution in [-0.2, 0) is 24.9 Å². The third-order valence-electron chi connectivity index (χ3n) is 4.41. The molecule has 0 aliphatic heterocycles. The summed E-state index contributed by atoms with van der Waals surface area (Å²) in [5, 5.41) is 2.92. The zero-order chi connectivity index (χ0) is 20.3. The van der Waals surface area contributed by atoms with Crippen molar-refractivity contribution in [1.29, 1.82) is 0 Å². The zero-order valence-corrected chi connectivity index (χ0v) is 16.1. The number of fused-ring (bicyclic) bond motifs is 1. The standard InChI is InChI=1S/C20H22N4O4/c1-4-28-17-13(2)10-22-18-16(17)19(26)24(20(27)23(18)3)12-15(25)21-11-14-8-6-5-7-9-14/h5-10H,4,11-12H2,1-3H3,(H,21,25). The van der Waals surface area contributed by atoms with Crippen LogP contribution >= 0.6 is 0 Å². The van der Waals surface area contributed by atoms with Gasteiger partial charge in [0.2, 0.25) is 5.91 Å². The number of rotatable bonds is 6. The molecule has 8 nitrogen and oxygen atoms in total. The molecule has 28 heavy (non-hydrogen) atoms. The lowest BCUT2D eigenvalue weighted by molar-refractivity contribution is -0.121. The summed E-state index contributed by atoms with van der Waals surface area (Å²) in [4.78, 5) is 42.2. The van der Waals surface area contributed by atoms with Crippen molar-refractivity contribution in [3.05, 3.63) is 68.5 Å². The van der Waals surface area contributed by atoms with E-state index in [0.29, 0.717) is 24.5 Å². The Bertz CT molecular complexity index is 1130. The summed E-state index contributed by atoms with van der Waals surface area (Å²) in [6.07, 6.45) is 1.56. The average molecular weight is 382 g/mol. The van der Waals surface area contributed by atoms with Crippen LogP contribution in [0, 0.1) is 6.92 Å². The Labute approximate surface area is 161 Å². The number of nitrogens with zero attached hydrogens (tertiary/aromatic N) is 3. The van der Waals surface area contributed by atoms with Gasteiger partial charge in [0, 0.05) is 25.4 Å². The number of aryl methyl sites for hydroxylation is 2. The van der Waals surface area contributed by atoms with Crippen molar-refractivity contribution in [3.63, 3.8) is 0 Å². The largest absolute Gasteiger partial charge is 0.493 e. The van der Waals surface area contributed by atoms with E-state index in [1.807, 2.05) is 37.3 Å². The van der Waals surface area contributed by atoms with Crippen LogP contribution in [0.4, 0.5) is 0 Å². The van der Waals surface area contributed by atoms with Gasteiger partial charge in [0.05, 0.1) is 6.61 Å². The molecule has 1 amide bonds. The molecule has 0 radical (unpaired) electrons. The third kappa shape index (κ3) is 3.66. The van der Waals surface area contributed by atoms with Gasteiger partial charge in [-0.25, -0.2) is 14.3 Å². The van der Waals surface area contributed by atoms with E-state index >= 15 is 0 Å². The van der Waals surface area contributed by atoms with Gasteiger partial charge in [-0.1, -0.05) is 30.3 Å². The highest BCUT2D eigenvalue weighted by Gasteiger charge is 2.19. The molecule has 0 aliphatic rings. The number of benzene rings is 1. The maximum atomic E-state index is 13.0. The monoisotopic (exact) mass is 382 g/mol. The lowest BCUT2D eigenvalue weighted by Gasteiger charge is -2.14. The fraction of sp³-hybridized carbons (Fsp3) is 0.300. The van der Waals surface area contributed by atoms with Gasteiger partial charge in [0.1, 0.15) is 17.7 Å². The van der Waals surface area contributed by atoms with Crippen LogP contribution in [0.2, 0.25) is 0 Å². The minimum absolute atomic E-state index is 0.194. The van der Waals surface area contributed by atoms with Gasteiger partial charge in [0.25, 0.3) is 5.56 Å². The van der Waals surface area contributed by atoms with E-state index in [2.05, 4.69) is 10.3 Å². The number of aromatic nitrogens is 3. The van der Waals surface area contributed by atoms with Crippen LogP contribution in [-0.4, -0.2) is 26.6 Å². The van der Waals surface area contributed by atoms with Gasteiger partial charge in [-0.3, -0.25) is 14.2 Å². The molecule has 3 rings (SSSR count). The number of carbonyl (C=O) groups is 1. The summed E-state index contributed by atoms with van der Waals surface area (Å²) in [7, 11) is 1.51. The van der Waals surface area contributed by atoms with Crippen molar-refractivity contribution in [3.8, 4) is 5.75 Å². The molecule has 1 aromatic carbocycles. The predicted molar refractivity (Wildman–Crippen MR) is 105 cm³/mol. The Morgan fingerprint density at radius 2 is 1.93 bits per heavy atom. The van der Waals surface area contributed by atoms with Gasteiger partial charge in [-0.15, -0.1) is 0 Å². The van der Waals surface area contributed by atoms with Crippen molar-refractivity contribution in [2.75, 3.05) is 6.61 Å². The number of ether oxygens (including phenoxy) is 1. The summed E-state index contributed by atoms with van der Waals surface area (Å²) >= 11 is 0. The summed E-state index contributed by atoms with van der Waals surface area (Å²) < 4.78 is 7.78. The summed E-state index contributed by atoms with van der Waals surface area (Å²) in [5.74, 6) is -0.0486. The maximum absolute atomic E-state index is 13.0. The smallest absolute Gasteiger partial charge is 0.332 e. The predicted octanol–water partition coefficient (Wildman–Crippen LogP) is 1.12. The second-order valence-corrected chi connectivity index (χ2v) is 6.40. The highest BCUT2D eigenvalue weighted by molar-refractivity contribution is 5.83. The molecule has 2 heterocycles. The van der Waals surface area contributed by atoms with Crippen molar-refractivity contribution >= 4 is 16.9 Å². The van der Waals surface area contributed by atoms with E-state index in [1.54, 1.807) is 13.1 Å². The topological polar surface area (TPSA) is 95.2 Å². The van der Waals surface area contributed by atoms with E-state index in [9.17, 15) is 14.4 Å². The third-order valence-corrected chi connectivity index (χ3v) is 4.41. The number of hydrogen-bond acceptors (Lipinski definition) is 5. The molecule has 8 heteroatoms. The van der Waals surface area contributed by atoms with Gasteiger partial charge in [0.15, 0.2) is 5.65 Å². The first-order valence-electron chi connectivity index (χ1n) is 8.96. The molecule has 0 saturated carbocycles. The first-order chi connectivity index (χ1) is 13.4. The Kier molecular flexibility index (Phi) is 5.58. The average Bonchev–Trinajstić information content (AvgIpc) is 2.70. The van der Waals surface area contributed by atoms with Crippen LogP contribution < -0.4 is 21.3 Å². The Balaban J connectivity index is 1.99. The summed E-state index contributed by atoms with van der Waals surface area (Å²) in [6.45, 7) is 3.88. The van der Waals surface area contributed by atoms with Crippen molar-refractivity contribution in [1.82, 2.24) is 19.4 Å². The van der Waals surface area contributed by atoms with Gasteiger partial charge < -0.3 is 10.1 Å². The molecule has 0 atom stereocenters. The van der Waals surface area contributed by atoms with Crippen molar-refractivity contribution in [2.24, 2.45) is 7.05 Å². The van der Waals surface area contributed by atoms with Gasteiger partial charge >= 0.3 is 5.69 Å². The minimum Gasteiger partial charge on any atom is -0.493 e. The molecule has 2 aromatic heterocycles. The van der Waals surface area contributed by atoms with Crippen LogP contribution in [0.15, 0.2) is 46.1 Å². The summed E-state index contributed by atoms with van der Waals surface area (Å²) in [6, 6.07) is 9.38. The molecule has 0 aliphatic carbocycles. The Morgan fingerprint density at radius 1 is 1.21 bits per heavy atom. The maximum Gasteiger partial charge on any atom is 0.332 e. The first-order valence-corrected chi connectivity index (χ1v) is 8.96. The van der Waals surface area contributed by atoms with Gasteiger partial charge in [-0.2, -0.15) is 0 Å². The fourth-order valence-electron chi connectivity index (χ4n) is 2.99. The highest BCUT2D eigenvalue weighted by atomic mass is 16.5. The number of nitrogens with one attached hydrogen (secondary N) is 1. The van der Waals surface area contributed by atoms with E-state index in [0.717, 1.165) is 10.1 Å². The second kappa shape index (κ2) is 8.08. The van der Waals surface area contributed by atoms with Crippen LogP contribution in [0.5, 0.6) is 5.75 Å².